The third kappa shape index (κ3) is 5.58. The number of carbonyl (C=O) groups excluding carboxylic acids is 1. The van der Waals surface area contributed by atoms with Crippen LogP contribution in [0.2, 0.25) is 0 Å². The number of aryl methyl sites for hydroxylation is 1. The number of ether oxygens (including phenoxy) is 1. The van der Waals surface area contributed by atoms with E-state index in [9.17, 15) is 4.79 Å². The highest BCUT2D eigenvalue weighted by Crippen LogP contribution is 2.27. The van der Waals surface area contributed by atoms with Gasteiger partial charge >= 0.3 is 5.97 Å². The summed E-state index contributed by atoms with van der Waals surface area (Å²) < 4.78 is 5.10. The van der Waals surface area contributed by atoms with E-state index in [2.05, 4.69) is 68.4 Å². The molecule has 0 radical (unpaired) electrons. The van der Waals surface area contributed by atoms with Crippen molar-refractivity contribution in [3.63, 3.8) is 0 Å². The van der Waals surface area contributed by atoms with E-state index in [1.165, 1.54) is 53.3 Å². The summed E-state index contributed by atoms with van der Waals surface area (Å²) in [7, 11) is 0. The van der Waals surface area contributed by atoms with Crippen LogP contribution < -0.4 is 0 Å². The van der Waals surface area contributed by atoms with E-state index in [1.54, 1.807) is 0 Å². The maximum atomic E-state index is 10.9. The van der Waals surface area contributed by atoms with Gasteiger partial charge in [0.1, 0.15) is 0 Å². The summed E-state index contributed by atoms with van der Waals surface area (Å²) in [6, 6.07) is 20.0. The molecule has 0 aromatic heterocycles. The second-order valence-corrected chi connectivity index (χ2v) is 8.32. The van der Waals surface area contributed by atoms with Gasteiger partial charge < -0.3 is 4.74 Å². The SMILES string of the molecule is CC(=O)OCC(C)CCCC(C)CCc1cccc2cc3ccccc3cc12. The van der Waals surface area contributed by atoms with Crippen LogP contribution in [0.1, 0.15) is 52.0 Å². The van der Waals surface area contributed by atoms with Gasteiger partial charge in [-0.1, -0.05) is 69.2 Å². The summed E-state index contributed by atoms with van der Waals surface area (Å²) in [5, 5.41) is 5.35. The van der Waals surface area contributed by atoms with Crippen LogP contribution in [0.4, 0.5) is 0 Å². The van der Waals surface area contributed by atoms with E-state index < -0.39 is 0 Å². The van der Waals surface area contributed by atoms with Crippen LogP contribution in [-0.4, -0.2) is 12.6 Å². The third-order valence-electron chi connectivity index (χ3n) is 5.71. The molecule has 3 rings (SSSR count). The summed E-state index contributed by atoms with van der Waals surface area (Å²) in [5.74, 6) is 0.974. The van der Waals surface area contributed by atoms with E-state index in [-0.39, 0.29) is 5.97 Å². The zero-order valence-electron chi connectivity index (χ0n) is 17.4. The minimum absolute atomic E-state index is 0.178. The number of hydrogen-bond donors (Lipinski definition) is 0. The highest BCUT2D eigenvalue weighted by Gasteiger charge is 2.09. The van der Waals surface area contributed by atoms with Crippen molar-refractivity contribution in [2.75, 3.05) is 6.61 Å². The first-order valence-electron chi connectivity index (χ1n) is 10.6. The molecule has 0 heterocycles. The lowest BCUT2D eigenvalue weighted by molar-refractivity contribution is -0.142. The van der Waals surface area contributed by atoms with Crippen LogP contribution >= 0.6 is 0 Å². The fourth-order valence-corrected chi connectivity index (χ4v) is 3.95. The topological polar surface area (TPSA) is 26.3 Å². The maximum Gasteiger partial charge on any atom is 0.302 e. The molecule has 3 aromatic rings. The molecule has 148 valence electrons. The molecule has 28 heavy (non-hydrogen) atoms. The molecule has 0 aliphatic rings. The van der Waals surface area contributed by atoms with Gasteiger partial charge in [0.25, 0.3) is 0 Å². The lowest BCUT2D eigenvalue weighted by atomic mass is 9.92. The van der Waals surface area contributed by atoms with Crippen molar-refractivity contribution in [1.29, 1.82) is 0 Å². The predicted octanol–water partition coefficient (Wildman–Crippen LogP) is 6.93. The lowest BCUT2D eigenvalue weighted by Gasteiger charge is -2.15. The minimum Gasteiger partial charge on any atom is -0.466 e. The quantitative estimate of drug-likeness (QED) is 0.299. The van der Waals surface area contributed by atoms with Crippen LogP contribution in [0.5, 0.6) is 0 Å². The molecule has 0 aliphatic carbocycles. The largest absolute Gasteiger partial charge is 0.466 e. The van der Waals surface area contributed by atoms with Crippen molar-refractivity contribution in [3.8, 4) is 0 Å². The lowest BCUT2D eigenvalue weighted by Crippen LogP contribution is -2.09. The fraction of sp³-hybridized carbons (Fsp3) is 0.423. The second kappa shape index (κ2) is 9.73. The third-order valence-corrected chi connectivity index (χ3v) is 5.71. The Hall–Kier alpha value is -2.35. The zero-order chi connectivity index (χ0) is 19.9. The number of hydrogen-bond acceptors (Lipinski definition) is 2. The first kappa shape index (κ1) is 20.4. The first-order valence-corrected chi connectivity index (χ1v) is 10.6. The standard InChI is InChI=1S/C26H32O2/c1-19(8-6-9-20(2)18-28-21(3)27)14-15-22-12-7-13-25-16-23-10-4-5-11-24(23)17-26(22)25/h4-5,7,10-13,16-17,19-20H,6,8-9,14-15,18H2,1-3H3. The van der Waals surface area contributed by atoms with Crippen LogP contribution in [0, 0.1) is 11.8 Å². The van der Waals surface area contributed by atoms with Gasteiger partial charge in [-0.05, 0) is 70.3 Å². The van der Waals surface area contributed by atoms with E-state index in [0.29, 0.717) is 18.4 Å². The Labute approximate surface area is 168 Å². The molecule has 0 spiro atoms. The van der Waals surface area contributed by atoms with Gasteiger partial charge in [0, 0.05) is 6.92 Å². The van der Waals surface area contributed by atoms with Crippen molar-refractivity contribution in [1.82, 2.24) is 0 Å². The molecular weight excluding hydrogens is 344 g/mol. The molecule has 2 atom stereocenters. The molecule has 0 saturated carbocycles. The molecule has 2 heteroatoms. The van der Waals surface area contributed by atoms with E-state index in [0.717, 1.165) is 12.8 Å². The van der Waals surface area contributed by atoms with Gasteiger partial charge in [0.2, 0.25) is 0 Å². The van der Waals surface area contributed by atoms with Gasteiger partial charge in [-0.3, -0.25) is 4.79 Å². The molecule has 2 nitrogen and oxygen atoms in total. The Morgan fingerprint density at radius 3 is 2.29 bits per heavy atom. The number of fused-ring (bicyclic) bond motifs is 2. The van der Waals surface area contributed by atoms with Crippen molar-refractivity contribution in [3.05, 3.63) is 60.2 Å². The van der Waals surface area contributed by atoms with E-state index >= 15 is 0 Å². The summed E-state index contributed by atoms with van der Waals surface area (Å²) in [6.07, 6.45) is 5.89. The Kier molecular flexibility index (Phi) is 7.08. The number of esters is 1. The van der Waals surface area contributed by atoms with Crippen molar-refractivity contribution >= 4 is 27.5 Å². The summed E-state index contributed by atoms with van der Waals surface area (Å²) in [5.41, 5.74) is 1.46. The highest BCUT2D eigenvalue weighted by atomic mass is 16.5. The van der Waals surface area contributed by atoms with E-state index in [1.807, 2.05) is 0 Å². The molecule has 0 saturated heterocycles. The number of benzene rings is 3. The Bertz CT molecular complexity index is 928. The molecule has 3 aromatic carbocycles. The van der Waals surface area contributed by atoms with Crippen molar-refractivity contribution < 1.29 is 9.53 Å². The smallest absolute Gasteiger partial charge is 0.302 e. The predicted molar refractivity (Wildman–Crippen MR) is 119 cm³/mol. The normalized spacial score (nSPS) is 13.5. The monoisotopic (exact) mass is 376 g/mol. The van der Waals surface area contributed by atoms with Gasteiger partial charge in [0.15, 0.2) is 0 Å². The molecule has 2 unspecified atom stereocenters. The first-order chi connectivity index (χ1) is 13.5. The molecule has 0 aliphatic heterocycles. The molecule has 0 bridgehead atoms. The van der Waals surface area contributed by atoms with E-state index in [4.69, 9.17) is 4.74 Å². The maximum absolute atomic E-state index is 10.9. The van der Waals surface area contributed by atoms with Gasteiger partial charge in [-0.15, -0.1) is 0 Å². The highest BCUT2D eigenvalue weighted by molar-refractivity contribution is 5.99. The molecule has 0 amide bonds. The average molecular weight is 377 g/mol. The molecule has 0 N–H and O–H groups in total. The molecule has 0 fully saturated rings. The summed E-state index contributed by atoms with van der Waals surface area (Å²) in [6.45, 7) is 6.55. The Morgan fingerprint density at radius 1 is 0.857 bits per heavy atom. The van der Waals surface area contributed by atoms with Gasteiger partial charge in [-0.2, -0.15) is 0 Å². The molecular formula is C26H32O2. The van der Waals surface area contributed by atoms with Crippen LogP contribution in [0.3, 0.4) is 0 Å². The second-order valence-electron chi connectivity index (χ2n) is 8.32. The zero-order valence-corrected chi connectivity index (χ0v) is 17.4. The van der Waals surface area contributed by atoms with Gasteiger partial charge in [0.05, 0.1) is 6.61 Å². The Balaban J connectivity index is 1.54. The van der Waals surface area contributed by atoms with Crippen molar-refractivity contribution in [2.45, 2.75) is 52.9 Å². The van der Waals surface area contributed by atoms with Crippen molar-refractivity contribution in [2.24, 2.45) is 11.8 Å². The minimum atomic E-state index is -0.178. The number of carbonyl (C=O) groups is 1. The number of rotatable bonds is 9. The summed E-state index contributed by atoms with van der Waals surface area (Å²) in [4.78, 5) is 10.9. The van der Waals surface area contributed by atoms with Gasteiger partial charge in [-0.25, -0.2) is 0 Å². The Morgan fingerprint density at radius 2 is 1.54 bits per heavy atom. The summed E-state index contributed by atoms with van der Waals surface area (Å²) >= 11 is 0. The van der Waals surface area contributed by atoms with Crippen LogP contribution in [-0.2, 0) is 16.0 Å². The van der Waals surface area contributed by atoms with Crippen LogP contribution in [0.15, 0.2) is 54.6 Å². The fourth-order valence-electron chi connectivity index (χ4n) is 3.95. The van der Waals surface area contributed by atoms with Crippen LogP contribution in [0.25, 0.3) is 21.5 Å². The average Bonchev–Trinajstić information content (AvgIpc) is 2.69.